The fraction of sp³-hybridized carbons (Fsp3) is 0.571. The van der Waals surface area contributed by atoms with Gasteiger partial charge in [0.2, 0.25) is 0 Å². The van der Waals surface area contributed by atoms with Gasteiger partial charge in [-0.15, -0.1) is 0 Å². The Bertz CT molecular complexity index is 404. The lowest BCUT2D eigenvalue weighted by Crippen LogP contribution is -2.13. The van der Waals surface area contributed by atoms with Crippen molar-refractivity contribution in [3.63, 3.8) is 0 Å². The number of hydrogen-bond donors (Lipinski definition) is 1. The number of carbonyl (C=O) groups is 1. The number of aliphatic imine (C=N–C) groups is 1. The molecule has 1 aliphatic carbocycles. The molecule has 0 aromatic heterocycles. The van der Waals surface area contributed by atoms with Gasteiger partial charge in [-0.1, -0.05) is 13.5 Å². The van der Waals surface area contributed by atoms with Crippen molar-refractivity contribution in [2.45, 2.75) is 40.0 Å². The average molecular weight is 250 g/mol. The molecule has 0 atom stereocenters. The van der Waals surface area contributed by atoms with Crippen molar-refractivity contribution in [2.75, 3.05) is 6.61 Å². The summed E-state index contributed by atoms with van der Waals surface area (Å²) < 4.78 is 4.92. The predicted molar refractivity (Wildman–Crippen MR) is 73.1 cm³/mol. The van der Waals surface area contributed by atoms with Crippen molar-refractivity contribution in [2.24, 2.45) is 16.6 Å². The van der Waals surface area contributed by atoms with E-state index in [0.717, 1.165) is 5.71 Å². The number of rotatable bonds is 6. The Hall–Kier alpha value is -1.58. The molecule has 2 N–H and O–H groups in total. The van der Waals surface area contributed by atoms with Gasteiger partial charge >= 0.3 is 5.97 Å². The Balaban J connectivity index is 2.88. The molecule has 0 unspecified atom stereocenters. The minimum absolute atomic E-state index is 0.309. The quantitative estimate of drug-likeness (QED) is 0.341. The average Bonchev–Trinajstić information content (AvgIpc) is 3.13. The Kier molecular flexibility index (Phi) is 5.13. The number of nitrogens with zero attached hydrogens (tertiary/aromatic N) is 1. The van der Waals surface area contributed by atoms with Gasteiger partial charge in [0.25, 0.3) is 0 Å². The third-order valence-corrected chi connectivity index (χ3v) is 3.01. The molecule has 1 aliphatic rings. The Morgan fingerprint density at radius 1 is 1.44 bits per heavy atom. The largest absolute Gasteiger partial charge is 0.462 e. The minimum atomic E-state index is -0.420. The normalized spacial score (nSPS) is 17.2. The topological polar surface area (TPSA) is 64.7 Å². The van der Waals surface area contributed by atoms with Crippen LogP contribution in [-0.2, 0) is 9.53 Å². The molecule has 0 heterocycles. The summed E-state index contributed by atoms with van der Waals surface area (Å²) in [5.41, 5.74) is 7.97. The molecule has 0 amide bonds. The fourth-order valence-corrected chi connectivity index (χ4v) is 1.74. The van der Waals surface area contributed by atoms with Crippen LogP contribution < -0.4 is 5.73 Å². The van der Waals surface area contributed by atoms with E-state index >= 15 is 0 Å². The van der Waals surface area contributed by atoms with Gasteiger partial charge in [0.1, 0.15) is 5.82 Å². The summed E-state index contributed by atoms with van der Waals surface area (Å²) in [5, 5.41) is 0. The van der Waals surface area contributed by atoms with Gasteiger partial charge in [0.15, 0.2) is 0 Å². The molecule has 4 heteroatoms. The summed E-state index contributed by atoms with van der Waals surface area (Å²) in [7, 11) is 0. The summed E-state index contributed by atoms with van der Waals surface area (Å²) in [6, 6.07) is 0. The lowest BCUT2D eigenvalue weighted by Gasteiger charge is -2.10. The van der Waals surface area contributed by atoms with E-state index in [1.165, 1.54) is 12.8 Å². The third-order valence-electron chi connectivity index (χ3n) is 3.01. The molecule has 0 spiro atoms. The van der Waals surface area contributed by atoms with E-state index in [-0.39, 0.29) is 0 Å². The van der Waals surface area contributed by atoms with Crippen molar-refractivity contribution in [3.05, 3.63) is 23.5 Å². The van der Waals surface area contributed by atoms with E-state index in [4.69, 9.17) is 10.5 Å². The summed E-state index contributed by atoms with van der Waals surface area (Å²) in [5.74, 6) is 0.536. The summed E-state index contributed by atoms with van der Waals surface area (Å²) in [6.07, 6.45) is 2.98. The van der Waals surface area contributed by atoms with E-state index in [2.05, 4.69) is 11.6 Å². The summed E-state index contributed by atoms with van der Waals surface area (Å²) in [6.45, 7) is 9.75. The van der Waals surface area contributed by atoms with Crippen LogP contribution in [-0.4, -0.2) is 18.3 Å². The number of ether oxygens (including phenoxy) is 1. The van der Waals surface area contributed by atoms with E-state index in [1.54, 1.807) is 6.92 Å². The molecule has 0 bridgehead atoms. The number of carbonyl (C=O) groups excluding carboxylic acids is 1. The highest BCUT2D eigenvalue weighted by Gasteiger charge is 2.25. The van der Waals surface area contributed by atoms with E-state index in [0.29, 0.717) is 35.9 Å². The van der Waals surface area contributed by atoms with Crippen molar-refractivity contribution in [1.29, 1.82) is 0 Å². The van der Waals surface area contributed by atoms with E-state index in [9.17, 15) is 4.79 Å². The van der Waals surface area contributed by atoms with Crippen molar-refractivity contribution < 1.29 is 9.53 Å². The van der Waals surface area contributed by atoms with Crippen LogP contribution in [0.15, 0.2) is 28.5 Å². The van der Waals surface area contributed by atoms with Crippen LogP contribution in [0.5, 0.6) is 0 Å². The van der Waals surface area contributed by atoms with Gasteiger partial charge in [0, 0.05) is 11.3 Å². The molecule has 1 rings (SSSR count). The van der Waals surface area contributed by atoms with Crippen LogP contribution in [0.2, 0.25) is 0 Å². The SMILES string of the molecule is C=C(C(=O)OCC)/C(CC)=C(N)\N=C(/C)C1CC1. The standard InChI is InChI=1S/C14H22N2O2/c1-5-12(9(3)14(17)18-6-2)13(15)16-10(4)11-7-8-11/h11H,3,5-8,15H2,1-2,4H3/b13-12-,16-10+. The van der Waals surface area contributed by atoms with E-state index in [1.807, 2.05) is 13.8 Å². The second-order valence-electron chi connectivity index (χ2n) is 4.44. The molecule has 0 saturated heterocycles. The van der Waals surface area contributed by atoms with Crippen LogP contribution in [0, 0.1) is 5.92 Å². The highest BCUT2D eigenvalue weighted by molar-refractivity contribution is 5.93. The maximum atomic E-state index is 11.6. The van der Waals surface area contributed by atoms with Gasteiger partial charge in [-0.2, -0.15) is 0 Å². The van der Waals surface area contributed by atoms with Crippen molar-refractivity contribution in [1.82, 2.24) is 0 Å². The van der Waals surface area contributed by atoms with Crippen LogP contribution in [0.3, 0.4) is 0 Å². The van der Waals surface area contributed by atoms with Crippen molar-refractivity contribution in [3.8, 4) is 0 Å². The molecule has 1 fully saturated rings. The Labute approximate surface area is 109 Å². The highest BCUT2D eigenvalue weighted by Crippen LogP contribution is 2.31. The van der Waals surface area contributed by atoms with Gasteiger partial charge < -0.3 is 10.5 Å². The highest BCUT2D eigenvalue weighted by atomic mass is 16.5. The molecule has 100 valence electrons. The lowest BCUT2D eigenvalue weighted by molar-refractivity contribution is -0.138. The van der Waals surface area contributed by atoms with Crippen LogP contribution in [0.4, 0.5) is 0 Å². The van der Waals surface area contributed by atoms with Crippen LogP contribution in [0.25, 0.3) is 0 Å². The van der Waals surface area contributed by atoms with Crippen LogP contribution >= 0.6 is 0 Å². The number of esters is 1. The molecular formula is C14H22N2O2. The first-order valence-corrected chi connectivity index (χ1v) is 6.41. The minimum Gasteiger partial charge on any atom is -0.462 e. The van der Waals surface area contributed by atoms with Gasteiger partial charge in [-0.25, -0.2) is 9.79 Å². The van der Waals surface area contributed by atoms with Gasteiger partial charge in [-0.05, 0) is 39.0 Å². The number of nitrogens with two attached hydrogens (primary N) is 1. The molecule has 0 radical (unpaired) electrons. The molecular weight excluding hydrogens is 228 g/mol. The zero-order chi connectivity index (χ0) is 13.7. The second-order valence-corrected chi connectivity index (χ2v) is 4.44. The summed E-state index contributed by atoms with van der Waals surface area (Å²) >= 11 is 0. The molecule has 0 aromatic rings. The van der Waals surface area contributed by atoms with Gasteiger partial charge in [0.05, 0.1) is 12.2 Å². The molecule has 0 aromatic carbocycles. The lowest BCUT2D eigenvalue weighted by atomic mass is 10.1. The zero-order valence-corrected chi connectivity index (χ0v) is 11.5. The van der Waals surface area contributed by atoms with Crippen LogP contribution in [0.1, 0.15) is 40.0 Å². The van der Waals surface area contributed by atoms with Gasteiger partial charge in [-0.3, -0.25) is 0 Å². The monoisotopic (exact) mass is 250 g/mol. The summed E-state index contributed by atoms with van der Waals surface area (Å²) in [4.78, 5) is 16.0. The Morgan fingerprint density at radius 3 is 2.50 bits per heavy atom. The first-order chi connectivity index (χ1) is 8.51. The third kappa shape index (κ3) is 3.72. The predicted octanol–water partition coefficient (Wildman–Crippen LogP) is 2.56. The smallest absolute Gasteiger partial charge is 0.337 e. The molecule has 1 saturated carbocycles. The second kappa shape index (κ2) is 6.38. The maximum absolute atomic E-state index is 11.6. The first-order valence-electron chi connectivity index (χ1n) is 6.41. The zero-order valence-electron chi connectivity index (χ0n) is 11.5. The molecule has 4 nitrogen and oxygen atoms in total. The number of hydrogen-bond acceptors (Lipinski definition) is 4. The van der Waals surface area contributed by atoms with Crippen molar-refractivity contribution >= 4 is 11.7 Å². The van der Waals surface area contributed by atoms with E-state index < -0.39 is 5.97 Å². The Morgan fingerprint density at radius 2 is 2.06 bits per heavy atom. The first kappa shape index (κ1) is 14.5. The molecule has 0 aliphatic heterocycles. The fourth-order valence-electron chi connectivity index (χ4n) is 1.74. The maximum Gasteiger partial charge on any atom is 0.337 e. The molecule has 18 heavy (non-hydrogen) atoms.